The second kappa shape index (κ2) is 5.73. The lowest BCUT2D eigenvalue weighted by molar-refractivity contribution is -0.671. The molecule has 0 saturated carbocycles. The molecule has 1 N–H and O–H groups in total. The molecule has 0 fully saturated rings. The van der Waals surface area contributed by atoms with E-state index in [2.05, 4.69) is 22.6 Å². The maximum absolute atomic E-state index is 13.6. The highest BCUT2D eigenvalue weighted by Crippen LogP contribution is 2.30. The van der Waals surface area contributed by atoms with Crippen LogP contribution in [0.25, 0.3) is 21.7 Å². The van der Waals surface area contributed by atoms with E-state index in [1.807, 2.05) is 22.9 Å². The summed E-state index contributed by atoms with van der Waals surface area (Å²) in [6.07, 6.45) is 1.96. The Labute approximate surface area is 135 Å². The molecule has 3 rings (SSSR count). The van der Waals surface area contributed by atoms with Crippen LogP contribution in [0.15, 0.2) is 36.5 Å². The van der Waals surface area contributed by atoms with Gasteiger partial charge in [-0.05, 0) is 46.9 Å². The van der Waals surface area contributed by atoms with Crippen molar-refractivity contribution in [2.75, 3.05) is 13.7 Å². The van der Waals surface area contributed by atoms with Crippen molar-refractivity contribution in [1.82, 2.24) is 0 Å². The Kier molecular flexibility index (Phi) is 3.95. The van der Waals surface area contributed by atoms with Gasteiger partial charge in [0.2, 0.25) is 5.52 Å². The van der Waals surface area contributed by atoms with Gasteiger partial charge in [0.05, 0.1) is 21.5 Å². The summed E-state index contributed by atoms with van der Waals surface area (Å²) in [7, 11) is 1.63. The highest BCUT2D eigenvalue weighted by atomic mass is 127. The first-order valence-corrected chi connectivity index (χ1v) is 7.61. The summed E-state index contributed by atoms with van der Waals surface area (Å²) in [5, 5.41) is 12.0. The number of hydrogen-bond donors (Lipinski definition) is 1. The summed E-state index contributed by atoms with van der Waals surface area (Å²) in [5.74, 6) is 0.519. The van der Waals surface area contributed by atoms with Crippen molar-refractivity contribution in [2.45, 2.75) is 6.54 Å². The molecular weight excluding hydrogens is 384 g/mol. The van der Waals surface area contributed by atoms with Gasteiger partial charge in [-0.25, -0.2) is 4.39 Å². The first-order valence-electron chi connectivity index (χ1n) is 6.54. The molecule has 3 nitrogen and oxygen atoms in total. The average molecular weight is 398 g/mol. The van der Waals surface area contributed by atoms with Gasteiger partial charge in [0.15, 0.2) is 12.7 Å². The van der Waals surface area contributed by atoms with Crippen LogP contribution < -0.4 is 9.30 Å². The molecule has 0 unspecified atom stereocenters. The third-order valence-corrected chi connectivity index (χ3v) is 4.36. The SMILES string of the molecule is COc1cc2c[n+](CCO)c3ccc(F)cc3c2cc1I. The molecular formula is C16H14FINO2+. The van der Waals surface area contributed by atoms with Crippen LogP contribution >= 0.6 is 22.6 Å². The largest absolute Gasteiger partial charge is 0.496 e. The lowest BCUT2D eigenvalue weighted by Gasteiger charge is -2.08. The highest BCUT2D eigenvalue weighted by Gasteiger charge is 2.15. The van der Waals surface area contributed by atoms with Gasteiger partial charge in [0, 0.05) is 11.5 Å². The number of halogens is 2. The van der Waals surface area contributed by atoms with Crippen molar-refractivity contribution >= 4 is 44.3 Å². The summed E-state index contributed by atoms with van der Waals surface area (Å²) < 4.78 is 21.9. The number of rotatable bonds is 3. The second-order valence-corrected chi connectivity index (χ2v) is 5.94. The number of hydrogen-bond acceptors (Lipinski definition) is 2. The van der Waals surface area contributed by atoms with Crippen molar-refractivity contribution in [3.63, 3.8) is 0 Å². The average Bonchev–Trinajstić information content (AvgIpc) is 2.47. The number of fused-ring (bicyclic) bond motifs is 3. The van der Waals surface area contributed by atoms with Crippen LogP contribution in [0.1, 0.15) is 0 Å². The first kappa shape index (κ1) is 14.5. The zero-order valence-electron chi connectivity index (χ0n) is 11.4. The van der Waals surface area contributed by atoms with Gasteiger partial charge in [0.25, 0.3) is 0 Å². The van der Waals surface area contributed by atoms with Crippen molar-refractivity contribution in [1.29, 1.82) is 0 Å². The fraction of sp³-hybridized carbons (Fsp3) is 0.188. The van der Waals surface area contributed by atoms with Crippen LogP contribution in [0.2, 0.25) is 0 Å². The Hall–Kier alpha value is -1.47. The molecule has 2 aromatic carbocycles. The molecule has 0 aliphatic rings. The van der Waals surface area contributed by atoms with E-state index in [0.29, 0.717) is 6.54 Å². The van der Waals surface area contributed by atoms with E-state index in [4.69, 9.17) is 4.74 Å². The minimum Gasteiger partial charge on any atom is -0.496 e. The predicted molar refractivity (Wildman–Crippen MR) is 88.0 cm³/mol. The van der Waals surface area contributed by atoms with Crippen LogP contribution in [-0.2, 0) is 6.54 Å². The lowest BCUT2D eigenvalue weighted by Crippen LogP contribution is -2.36. The number of methoxy groups -OCH3 is 1. The van der Waals surface area contributed by atoms with Crippen molar-refractivity contribution in [2.24, 2.45) is 0 Å². The molecule has 0 saturated heterocycles. The monoisotopic (exact) mass is 398 g/mol. The maximum Gasteiger partial charge on any atom is 0.213 e. The van der Waals surface area contributed by atoms with E-state index in [9.17, 15) is 9.50 Å². The molecule has 108 valence electrons. The number of aliphatic hydroxyl groups excluding tert-OH is 1. The van der Waals surface area contributed by atoms with E-state index in [0.717, 1.165) is 31.0 Å². The van der Waals surface area contributed by atoms with Gasteiger partial charge in [-0.1, -0.05) is 0 Å². The normalized spacial score (nSPS) is 11.2. The van der Waals surface area contributed by atoms with Gasteiger partial charge in [-0.2, -0.15) is 4.57 Å². The van der Waals surface area contributed by atoms with Gasteiger partial charge < -0.3 is 9.84 Å². The first-order chi connectivity index (χ1) is 10.1. The Morgan fingerprint density at radius 3 is 2.76 bits per heavy atom. The third-order valence-electron chi connectivity index (χ3n) is 3.52. The summed E-state index contributed by atoms with van der Waals surface area (Å²) in [6, 6.07) is 8.66. The fourth-order valence-electron chi connectivity index (χ4n) is 2.57. The predicted octanol–water partition coefficient (Wildman–Crippen LogP) is 3.03. The molecule has 5 heteroatoms. The van der Waals surface area contributed by atoms with Gasteiger partial charge in [0.1, 0.15) is 18.2 Å². The molecule has 3 aromatic rings. The van der Waals surface area contributed by atoms with Crippen LogP contribution in [0.5, 0.6) is 5.75 Å². The minimum absolute atomic E-state index is 0.0319. The number of aromatic nitrogens is 1. The Bertz CT molecular complexity index is 835. The van der Waals surface area contributed by atoms with Gasteiger partial charge in [-0.3, -0.25) is 0 Å². The molecule has 1 aromatic heterocycles. The Morgan fingerprint density at radius 2 is 2.05 bits per heavy atom. The maximum atomic E-state index is 13.6. The molecule has 21 heavy (non-hydrogen) atoms. The van der Waals surface area contributed by atoms with E-state index in [-0.39, 0.29) is 12.4 Å². The molecule has 0 spiro atoms. The zero-order chi connectivity index (χ0) is 15.0. The smallest absolute Gasteiger partial charge is 0.213 e. The van der Waals surface area contributed by atoms with E-state index in [1.165, 1.54) is 12.1 Å². The number of nitrogens with zero attached hydrogens (tertiary/aromatic N) is 1. The highest BCUT2D eigenvalue weighted by molar-refractivity contribution is 14.1. The van der Waals surface area contributed by atoms with Crippen LogP contribution in [0.3, 0.4) is 0 Å². The molecule has 0 amide bonds. The quantitative estimate of drug-likeness (QED) is 0.418. The third kappa shape index (κ3) is 2.55. The molecule has 0 aliphatic heterocycles. The fourth-order valence-corrected chi connectivity index (χ4v) is 3.26. The van der Waals surface area contributed by atoms with Crippen molar-refractivity contribution in [3.05, 3.63) is 45.9 Å². The van der Waals surface area contributed by atoms with E-state index >= 15 is 0 Å². The molecule has 1 heterocycles. The van der Waals surface area contributed by atoms with Gasteiger partial charge in [-0.15, -0.1) is 0 Å². The van der Waals surface area contributed by atoms with E-state index < -0.39 is 0 Å². The minimum atomic E-state index is -0.267. The van der Waals surface area contributed by atoms with Crippen molar-refractivity contribution in [3.8, 4) is 5.75 Å². The summed E-state index contributed by atoms with van der Waals surface area (Å²) in [6.45, 7) is 0.497. The molecule has 0 aliphatic carbocycles. The Morgan fingerprint density at radius 1 is 1.24 bits per heavy atom. The van der Waals surface area contributed by atoms with Crippen LogP contribution in [-0.4, -0.2) is 18.8 Å². The summed E-state index contributed by atoms with van der Waals surface area (Å²) >= 11 is 2.21. The standard InChI is InChI=1S/C16H14FINO2/c1-21-16-6-10-9-19(4-5-20)15-3-2-11(17)7-13(15)12(10)8-14(16)18/h2-3,6-9,20H,4-5H2,1H3/q+1. The van der Waals surface area contributed by atoms with Crippen molar-refractivity contribution < 1.29 is 18.8 Å². The second-order valence-electron chi connectivity index (χ2n) is 4.78. The number of pyridine rings is 1. The lowest BCUT2D eigenvalue weighted by atomic mass is 10.1. The van der Waals surface area contributed by atoms with Crippen LogP contribution in [0.4, 0.5) is 4.39 Å². The Balaban J connectivity index is 2.44. The van der Waals surface area contributed by atoms with E-state index in [1.54, 1.807) is 13.2 Å². The number of aliphatic hydroxyl groups is 1. The summed E-state index contributed by atoms with van der Waals surface area (Å²) in [5.41, 5.74) is 0.902. The zero-order valence-corrected chi connectivity index (χ0v) is 13.6. The number of benzene rings is 2. The molecule has 0 bridgehead atoms. The topological polar surface area (TPSA) is 33.3 Å². The molecule has 0 radical (unpaired) electrons. The summed E-state index contributed by atoms with van der Waals surface area (Å²) in [4.78, 5) is 0. The number of ether oxygens (including phenoxy) is 1. The van der Waals surface area contributed by atoms with Gasteiger partial charge >= 0.3 is 0 Å². The van der Waals surface area contributed by atoms with Crippen LogP contribution in [0, 0.1) is 9.39 Å². The molecule has 0 atom stereocenters.